The SMILES string of the molecule is COc1ncc(-c2ccc3ncc(OCCN4CCOCC4)c(=O)n3c2)cc1NC(=O)Nc1sc(C)nc1C.COc1ncc(Br)cc1N.COc1ncc(Br)cc1NC(=O)Nc1sc(C)nc1C.O=c1c(OCCN2CCOCC2)cnc2ccc(B(O)O)cn12.O=c1c(OCCN2CCOCC2)cnc2ccc(Br)cn12. The molecule has 0 atom stereocenters. The molecule has 3 fully saturated rings. The maximum atomic E-state index is 13.2. The topological polar surface area (TPSA) is 409 Å². The number of hydrogen-bond acceptors (Lipinski definition) is 30. The first-order valence-electron chi connectivity index (χ1n) is 35.1. The number of nitrogens with one attached hydrogen (secondary N) is 4. The van der Waals surface area contributed by atoms with Gasteiger partial charge in [-0.25, -0.2) is 49.5 Å². The average molecular weight is 1790 g/mol. The number of aromatic nitrogens is 11. The molecule has 0 saturated carbocycles. The summed E-state index contributed by atoms with van der Waals surface area (Å²) >= 11 is 12.7. The number of nitrogens with zero attached hydrogens (tertiary/aromatic N) is 14. The van der Waals surface area contributed by atoms with Crippen LogP contribution in [0.4, 0.5) is 36.7 Å². The summed E-state index contributed by atoms with van der Waals surface area (Å²) in [6, 6.07) is 14.6. The van der Waals surface area contributed by atoms with Crippen molar-refractivity contribution in [1.29, 1.82) is 0 Å². The second kappa shape index (κ2) is 42.3. The van der Waals surface area contributed by atoms with Crippen LogP contribution in [0.2, 0.25) is 0 Å². The van der Waals surface area contributed by atoms with Crippen LogP contribution in [0.25, 0.3) is 28.1 Å². The first-order chi connectivity index (χ1) is 54.5. The standard InChI is InChI=1S/C26H29N7O5S.C14H18BN3O5.C14H16BrN3O3.C12H13BrN4O2S.C6H7BrN2O/c1-16-24(39-17(2)29-16)31-26(35)30-20-12-19(13-28-23(20)36-3)18-4-5-22-27-14-21(25(34)33(22)15-18)38-11-8-32-6-9-37-10-7-32;19-14-12(23-8-5-17-3-6-22-7-4-17)9-16-13-2-1-11(15(20)21)10-18(13)14;15-11-1-2-13-16-9-12(14(19)18(13)10-11)21-8-5-17-3-6-20-7-4-17;1-6-11(20-7(2)15-6)17-12(18)16-9-4-8(13)5-14-10(9)19-3;1-10-6-5(8)2-4(7)3-9-6/h4-5,12-15H,6-11H2,1-3H3,(H2,30,31,35);1-2,9-10,20-21H,3-8H2;1-2,9-10H,3-8H2;4-5H,1-3H3,(H2,16,17,18);2-3H,8H2,1H3. The summed E-state index contributed by atoms with van der Waals surface area (Å²) < 4.78 is 54.7. The number of morpholine rings is 3. The predicted molar refractivity (Wildman–Crippen MR) is 440 cm³/mol. The van der Waals surface area contributed by atoms with Gasteiger partial charge in [0.25, 0.3) is 16.7 Å². The molecule has 0 bridgehead atoms. The number of anilines is 5. The number of nitrogen functional groups attached to an aromatic ring is 1. The monoisotopic (exact) mass is 1780 g/mol. The second-order valence-corrected chi connectivity index (χ2v) is 29.8. The summed E-state index contributed by atoms with van der Waals surface area (Å²) in [5, 5.41) is 32.6. The smallest absolute Gasteiger partial charge is 0.485 e. The zero-order chi connectivity index (χ0) is 80.5. The minimum Gasteiger partial charge on any atom is -0.485 e. The lowest BCUT2D eigenvalue weighted by Gasteiger charge is -2.26. The van der Waals surface area contributed by atoms with E-state index in [4.69, 9.17) is 48.4 Å². The molecule has 0 spiro atoms. The highest BCUT2D eigenvalue weighted by Crippen LogP contribution is 2.31. The molecule has 0 aromatic carbocycles. The van der Waals surface area contributed by atoms with E-state index in [0.29, 0.717) is 121 Å². The summed E-state index contributed by atoms with van der Waals surface area (Å²) in [4.78, 5) is 103. The number of methoxy groups -OCH3 is 3. The lowest BCUT2D eigenvalue weighted by Crippen LogP contribution is -2.39. The molecule has 113 heavy (non-hydrogen) atoms. The van der Waals surface area contributed by atoms with Crippen molar-refractivity contribution < 1.29 is 62.3 Å². The minimum atomic E-state index is -1.64. The first kappa shape index (κ1) is 85.5. The molecule has 3 aliphatic heterocycles. The molecule has 3 aliphatic rings. The van der Waals surface area contributed by atoms with Crippen LogP contribution in [0, 0.1) is 27.7 Å². The van der Waals surface area contributed by atoms with Gasteiger partial charge in [-0.2, -0.15) is 0 Å². The Hall–Kier alpha value is -9.89. The number of halogens is 3. The maximum Gasteiger partial charge on any atom is 0.489 e. The number of rotatable bonds is 21. The Morgan fingerprint density at radius 2 is 0.885 bits per heavy atom. The largest absolute Gasteiger partial charge is 0.489 e. The Kier molecular flexibility index (Phi) is 32.0. The van der Waals surface area contributed by atoms with Crippen molar-refractivity contribution in [3.63, 3.8) is 0 Å². The van der Waals surface area contributed by atoms with Crippen LogP contribution in [0.3, 0.4) is 0 Å². The van der Waals surface area contributed by atoms with Crippen molar-refractivity contribution in [3.05, 3.63) is 176 Å². The molecule has 4 amide bonds. The van der Waals surface area contributed by atoms with E-state index >= 15 is 0 Å². The fraction of sp³-hybridized carbons (Fsp3) is 0.347. The van der Waals surface area contributed by atoms with Gasteiger partial charge in [-0.1, -0.05) is 6.07 Å². The van der Waals surface area contributed by atoms with E-state index in [-0.39, 0.29) is 51.3 Å². The van der Waals surface area contributed by atoms with Gasteiger partial charge in [0.2, 0.25) is 34.9 Å². The molecule has 11 aromatic rings. The van der Waals surface area contributed by atoms with Crippen LogP contribution in [-0.2, 0) is 14.2 Å². The van der Waals surface area contributed by atoms with Gasteiger partial charge in [-0.3, -0.25) is 52.9 Å². The number of aryl methyl sites for hydroxylation is 4. The molecule has 0 unspecified atom stereocenters. The van der Waals surface area contributed by atoms with Crippen LogP contribution in [0.15, 0.2) is 138 Å². The number of amides is 4. The molecule has 35 nitrogen and oxygen atoms in total. The van der Waals surface area contributed by atoms with Crippen LogP contribution in [-0.4, -0.2) is 237 Å². The van der Waals surface area contributed by atoms with Crippen molar-refractivity contribution in [2.75, 3.05) is 167 Å². The van der Waals surface area contributed by atoms with Gasteiger partial charge in [0.15, 0.2) is 0 Å². The summed E-state index contributed by atoms with van der Waals surface area (Å²) in [7, 11) is 2.86. The third kappa shape index (κ3) is 24.8. The zero-order valence-electron chi connectivity index (χ0n) is 62.6. The average Bonchev–Trinajstić information content (AvgIpc) is 1.68. The van der Waals surface area contributed by atoms with Gasteiger partial charge in [0.05, 0.1) is 107 Å². The highest BCUT2D eigenvalue weighted by Gasteiger charge is 2.20. The predicted octanol–water partition coefficient (Wildman–Crippen LogP) is 7.45. The normalized spacial score (nSPS) is 13.6. The molecule has 3 saturated heterocycles. The van der Waals surface area contributed by atoms with Crippen LogP contribution >= 0.6 is 70.5 Å². The Balaban J connectivity index is 0.000000159. The Labute approximate surface area is 681 Å². The lowest BCUT2D eigenvalue weighted by atomic mass is 9.82. The van der Waals surface area contributed by atoms with Gasteiger partial charge in [0.1, 0.15) is 58.1 Å². The second-order valence-electron chi connectivity index (χ2n) is 24.7. The Bertz CT molecular complexity index is 5240. The summed E-state index contributed by atoms with van der Waals surface area (Å²) in [6.07, 6.45) is 13.9. The van der Waals surface area contributed by atoms with E-state index in [1.54, 1.807) is 67.4 Å². The molecule has 8 N–H and O–H groups in total. The summed E-state index contributed by atoms with van der Waals surface area (Å²) in [5.74, 6) is 1.66. The van der Waals surface area contributed by atoms with Gasteiger partial charge >= 0.3 is 19.2 Å². The van der Waals surface area contributed by atoms with Gasteiger partial charge in [-0.05, 0) is 129 Å². The molecule has 0 radical (unpaired) electrons. The maximum absolute atomic E-state index is 13.2. The van der Waals surface area contributed by atoms with E-state index in [0.717, 1.165) is 98.8 Å². The molecule has 14 rings (SSSR count). The molecular formula is C72H83BBr3N19O16S2. The third-order valence-corrected chi connectivity index (χ3v) is 20.1. The number of hydrogen-bond donors (Lipinski definition) is 7. The number of urea groups is 2. The molecule has 11 aromatic heterocycles. The van der Waals surface area contributed by atoms with Crippen molar-refractivity contribution in [2.45, 2.75) is 27.7 Å². The highest BCUT2D eigenvalue weighted by molar-refractivity contribution is 9.11. The van der Waals surface area contributed by atoms with Gasteiger partial charge < -0.3 is 69.0 Å². The summed E-state index contributed by atoms with van der Waals surface area (Å²) in [5.41, 5.74) is 10.7. The van der Waals surface area contributed by atoms with Crippen molar-refractivity contribution in [2.24, 2.45) is 0 Å². The fourth-order valence-electron chi connectivity index (χ4n) is 11.1. The van der Waals surface area contributed by atoms with Gasteiger partial charge in [-0.15, -0.1) is 22.7 Å². The quantitative estimate of drug-likeness (QED) is 0.0343. The van der Waals surface area contributed by atoms with E-state index in [1.807, 2.05) is 39.8 Å². The number of carbonyl (C=O) groups is 2. The van der Waals surface area contributed by atoms with Crippen molar-refractivity contribution in [3.8, 4) is 46.0 Å². The Morgan fingerprint density at radius 3 is 1.31 bits per heavy atom. The Morgan fingerprint density at radius 1 is 0.487 bits per heavy atom. The van der Waals surface area contributed by atoms with E-state index in [1.165, 1.54) is 88.1 Å². The molecular weight excluding hydrogens is 1700 g/mol. The van der Waals surface area contributed by atoms with E-state index < -0.39 is 13.1 Å². The van der Waals surface area contributed by atoms with E-state index in [2.05, 4.69) is 124 Å². The zero-order valence-corrected chi connectivity index (χ0v) is 69.0. The van der Waals surface area contributed by atoms with Crippen molar-refractivity contribution >= 4 is 139 Å². The van der Waals surface area contributed by atoms with Crippen molar-refractivity contribution in [1.82, 2.24) is 67.8 Å². The highest BCUT2D eigenvalue weighted by atomic mass is 79.9. The first-order valence-corrected chi connectivity index (χ1v) is 39.1. The minimum absolute atomic E-state index is 0.139. The molecule has 14 heterocycles. The molecule has 0 aliphatic carbocycles. The van der Waals surface area contributed by atoms with Crippen LogP contribution in [0.5, 0.6) is 34.9 Å². The fourth-order valence-corrected chi connectivity index (χ4v) is 13.7. The number of thiazole rings is 2. The number of carbonyl (C=O) groups excluding carboxylic acids is 2. The number of ether oxygens (including phenoxy) is 9. The van der Waals surface area contributed by atoms with Crippen LogP contribution in [0.1, 0.15) is 21.4 Å². The number of nitrogens with two attached hydrogens (primary N) is 1. The van der Waals surface area contributed by atoms with Crippen LogP contribution < -0.4 is 77.6 Å². The number of pyridine rings is 6. The summed E-state index contributed by atoms with van der Waals surface area (Å²) in [6.45, 7) is 20.5. The third-order valence-electron chi connectivity index (χ3n) is 16.8. The number of fused-ring (bicyclic) bond motifs is 3. The molecule has 598 valence electrons. The van der Waals surface area contributed by atoms with E-state index in [9.17, 15) is 34.0 Å². The molecule has 41 heteroatoms. The lowest BCUT2D eigenvalue weighted by molar-refractivity contribution is 0.0320. The van der Waals surface area contributed by atoms with Gasteiger partial charge in [0, 0.05) is 121 Å².